The smallest absolute Gasteiger partial charge is 0.321 e. The number of sulfonamides is 1. The first kappa shape index (κ1) is 22.0. The molecule has 2 aromatic heterocycles. The summed E-state index contributed by atoms with van der Waals surface area (Å²) in [5.74, 6) is -1.02. The molecule has 1 N–H and O–H groups in total. The van der Waals surface area contributed by atoms with E-state index in [0.29, 0.717) is 22.3 Å². The highest BCUT2D eigenvalue weighted by atomic mass is 32.2. The fourth-order valence-electron chi connectivity index (χ4n) is 2.98. The van der Waals surface area contributed by atoms with Crippen molar-refractivity contribution >= 4 is 33.1 Å². The van der Waals surface area contributed by atoms with Crippen LogP contribution in [0, 0.1) is 11.3 Å². The van der Waals surface area contributed by atoms with Gasteiger partial charge in [-0.3, -0.25) is 9.59 Å². The van der Waals surface area contributed by atoms with E-state index in [1.54, 1.807) is 28.9 Å². The molecular formula is C21H20N4O5S. The number of ether oxygens (including phenoxy) is 1. The number of nitrogens with one attached hydrogen (secondary N) is 1. The molecule has 0 spiro atoms. The first-order valence-electron chi connectivity index (χ1n) is 9.20. The summed E-state index contributed by atoms with van der Waals surface area (Å²) in [5.41, 5.74) is 2.08. The number of esters is 1. The number of nitriles is 1. The molecule has 0 aliphatic heterocycles. The van der Waals surface area contributed by atoms with Crippen LogP contribution in [0.25, 0.3) is 5.52 Å². The second-order valence-electron chi connectivity index (χ2n) is 6.76. The third-order valence-electron chi connectivity index (χ3n) is 4.50. The van der Waals surface area contributed by atoms with Crippen LogP contribution in [0.2, 0.25) is 0 Å². The van der Waals surface area contributed by atoms with Crippen LogP contribution in [0.3, 0.4) is 0 Å². The maximum absolute atomic E-state index is 12.7. The average Bonchev–Trinajstić information content (AvgIpc) is 3.09. The molecule has 10 heteroatoms. The summed E-state index contributed by atoms with van der Waals surface area (Å²) >= 11 is 0. The zero-order valence-electron chi connectivity index (χ0n) is 16.9. The van der Waals surface area contributed by atoms with Crippen molar-refractivity contribution in [1.82, 2.24) is 8.71 Å². The number of carbonyl (C=O) groups is 2. The van der Waals surface area contributed by atoms with E-state index in [9.17, 15) is 23.3 Å². The molecule has 0 saturated heterocycles. The van der Waals surface area contributed by atoms with Gasteiger partial charge >= 0.3 is 5.97 Å². The van der Waals surface area contributed by atoms with Crippen molar-refractivity contribution < 1.29 is 22.7 Å². The number of likely N-dealkylation sites (N-methyl/N-ethyl adjacent to an activating group) is 1. The number of carbonyl (C=O) groups excluding carboxylic acids is 2. The molecule has 160 valence electrons. The minimum absolute atomic E-state index is 0.0256. The van der Waals surface area contributed by atoms with E-state index in [0.717, 1.165) is 4.31 Å². The summed E-state index contributed by atoms with van der Waals surface area (Å²) in [7, 11) is -2.66. The Morgan fingerprint density at radius 2 is 1.90 bits per heavy atom. The molecule has 0 fully saturated rings. The van der Waals surface area contributed by atoms with Gasteiger partial charge in [-0.25, -0.2) is 8.42 Å². The Balaban J connectivity index is 1.65. The van der Waals surface area contributed by atoms with Crippen molar-refractivity contribution in [2.45, 2.75) is 18.4 Å². The molecule has 0 aliphatic carbocycles. The molecule has 0 bridgehead atoms. The fraction of sp³-hybridized carbons (Fsp3) is 0.190. The normalized spacial score (nSPS) is 11.3. The van der Waals surface area contributed by atoms with Crippen LogP contribution in [0.15, 0.2) is 59.8 Å². The van der Waals surface area contributed by atoms with Gasteiger partial charge in [0.05, 0.1) is 16.0 Å². The number of rotatable bonds is 7. The molecule has 0 unspecified atom stereocenters. The number of pyridine rings is 1. The molecule has 1 amide bonds. The SMILES string of the molecule is CC(=O)Nc1ccc(S(=O)(=O)N(C)CC(=O)OCc2cn3ccccc3c2C#N)cc1. The molecular weight excluding hydrogens is 420 g/mol. The van der Waals surface area contributed by atoms with Gasteiger partial charge in [0.2, 0.25) is 15.9 Å². The number of hydrogen-bond donors (Lipinski definition) is 1. The van der Waals surface area contributed by atoms with Gasteiger partial charge in [0.15, 0.2) is 0 Å². The zero-order chi connectivity index (χ0) is 22.6. The monoisotopic (exact) mass is 440 g/mol. The molecule has 2 heterocycles. The molecule has 0 saturated carbocycles. The lowest BCUT2D eigenvalue weighted by molar-refractivity contribution is -0.144. The maximum Gasteiger partial charge on any atom is 0.321 e. The number of nitrogens with zero attached hydrogens (tertiary/aromatic N) is 3. The minimum atomic E-state index is -3.93. The molecule has 9 nitrogen and oxygen atoms in total. The quantitative estimate of drug-likeness (QED) is 0.562. The van der Waals surface area contributed by atoms with Gasteiger partial charge in [-0.2, -0.15) is 9.57 Å². The Bertz CT molecular complexity index is 1270. The van der Waals surface area contributed by atoms with Crippen LogP contribution < -0.4 is 5.32 Å². The average molecular weight is 440 g/mol. The zero-order valence-corrected chi connectivity index (χ0v) is 17.7. The maximum atomic E-state index is 12.7. The van der Waals surface area contributed by atoms with E-state index in [1.165, 1.54) is 38.2 Å². The lowest BCUT2D eigenvalue weighted by atomic mass is 10.2. The van der Waals surface area contributed by atoms with E-state index in [-0.39, 0.29) is 17.4 Å². The molecule has 3 rings (SSSR count). The minimum Gasteiger partial charge on any atom is -0.460 e. The van der Waals surface area contributed by atoms with Crippen molar-refractivity contribution in [3.05, 3.63) is 66.0 Å². The van der Waals surface area contributed by atoms with Crippen LogP contribution in [0.4, 0.5) is 5.69 Å². The summed E-state index contributed by atoms with van der Waals surface area (Å²) < 4.78 is 33.2. The summed E-state index contributed by atoms with van der Waals surface area (Å²) in [6.45, 7) is 0.703. The lowest BCUT2D eigenvalue weighted by Crippen LogP contribution is -2.33. The molecule has 1 aromatic carbocycles. The van der Waals surface area contributed by atoms with Crippen molar-refractivity contribution in [2.24, 2.45) is 0 Å². The van der Waals surface area contributed by atoms with E-state index in [2.05, 4.69) is 11.4 Å². The fourth-order valence-corrected chi connectivity index (χ4v) is 4.10. The Kier molecular flexibility index (Phi) is 6.39. The van der Waals surface area contributed by atoms with Crippen LogP contribution in [-0.4, -0.2) is 42.6 Å². The number of anilines is 1. The highest BCUT2D eigenvalue weighted by molar-refractivity contribution is 7.89. The van der Waals surface area contributed by atoms with E-state index < -0.39 is 22.5 Å². The molecule has 0 aliphatic rings. The van der Waals surface area contributed by atoms with E-state index in [1.807, 2.05) is 6.07 Å². The van der Waals surface area contributed by atoms with Crippen molar-refractivity contribution in [3.8, 4) is 6.07 Å². The number of amides is 1. The van der Waals surface area contributed by atoms with Gasteiger partial charge in [0.1, 0.15) is 19.2 Å². The summed E-state index contributed by atoms with van der Waals surface area (Å²) in [6, 6.07) is 13.1. The first-order chi connectivity index (χ1) is 14.7. The highest BCUT2D eigenvalue weighted by Gasteiger charge is 2.24. The molecule has 0 atom stereocenters. The van der Waals surface area contributed by atoms with Crippen molar-refractivity contribution in [2.75, 3.05) is 18.9 Å². The predicted molar refractivity (Wildman–Crippen MR) is 112 cm³/mol. The van der Waals surface area contributed by atoms with Crippen molar-refractivity contribution in [1.29, 1.82) is 5.26 Å². The number of benzene rings is 1. The second kappa shape index (κ2) is 8.99. The Morgan fingerprint density at radius 3 is 2.55 bits per heavy atom. The Labute approximate surface area is 179 Å². The third kappa shape index (κ3) is 4.91. The van der Waals surface area contributed by atoms with E-state index >= 15 is 0 Å². The van der Waals surface area contributed by atoms with Crippen molar-refractivity contribution in [3.63, 3.8) is 0 Å². The standard InChI is InChI=1S/C21H20N4O5S/c1-15(26)23-17-6-8-18(9-7-17)31(28,29)24(2)13-21(27)30-14-16-12-25-10-4-3-5-20(25)19(16)11-22/h3-10,12H,13-14H2,1-2H3,(H,23,26). The van der Waals surface area contributed by atoms with Crippen LogP contribution in [0.1, 0.15) is 18.1 Å². The predicted octanol–water partition coefficient (Wildman–Crippen LogP) is 2.13. The first-order valence-corrected chi connectivity index (χ1v) is 10.6. The van der Waals surface area contributed by atoms with Crippen LogP contribution in [0.5, 0.6) is 0 Å². The van der Waals surface area contributed by atoms with Gasteiger partial charge in [-0.15, -0.1) is 0 Å². The number of fused-ring (bicyclic) bond motifs is 1. The number of aromatic nitrogens is 1. The molecule has 3 aromatic rings. The van der Waals surface area contributed by atoms with Crippen LogP contribution >= 0.6 is 0 Å². The van der Waals surface area contributed by atoms with Gasteiger partial charge in [-0.1, -0.05) is 6.07 Å². The Morgan fingerprint density at radius 1 is 1.19 bits per heavy atom. The van der Waals surface area contributed by atoms with Gasteiger partial charge < -0.3 is 14.5 Å². The summed E-state index contributed by atoms with van der Waals surface area (Å²) in [5, 5.41) is 12.0. The Hall–Kier alpha value is -3.68. The highest BCUT2D eigenvalue weighted by Crippen LogP contribution is 2.20. The largest absolute Gasteiger partial charge is 0.460 e. The lowest BCUT2D eigenvalue weighted by Gasteiger charge is -2.16. The van der Waals surface area contributed by atoms with Crippen LogP contribution in [-0.2, 0) is 31.0 Å². The topological polar surface area (TPSA) is 121 Å². The van der Waals surface area contributed by atoms with Gasteiger partial charge in [0.25, 0.3) is 0 Å². The van der Waals surface area contributed by atoms with Gasteiger partial charge in [0, 0.05) is 37.6 Å². The second-order valence-corrected chi connectivity index (χ2v) is 8.81. The number of hydrogen-bond acceptors (Lipinski definition) is 6. The van der Waals surface area contributed by atoms with Gasteiger partial charge in [-0.05, 0) is 36.4 Å². The molecule has 31 heavy (non-hydrogen) atoms. The summed E-state index contributed by atoms with van der Waals surface area (Å²) in [4.78, 5) is 23.3. The van der Waals surface area contributed by atoms with E-state index in [4.69, 9.17) is 4.74 Å². The molecule has 0 radical (unpaired) electrons. The third-order valence-corrected chi connectivity index (χ3v) is 6.31. The summed E-state index contributed by atoms with van der Waals surface area (Å²) in [6.07, 6.45) is 3.47.